The zero-order chi connectivity index (χ0) is 12.4. The van der Waals surface area contributed by atoms with Gasteiger partial charge in [-0.15, -0.1) is 0 Å². The number of nitrogens with zero attached hydrogens (tertiary/aromatic N) is 3. The number of aromatic nitrogens is 2. The summed E-state index contributed by atoms with van der Waals surface area (Å²) in [5.41, 5.74) is 3.31. The van der Waals surface area contributed by atoms with Gasteiger partial charge >= 0.3 is 0 Å². The van der Waals surface area contributed by atoms with Crippen LogP contribution in [0.2, 0.25) is 0 Å². The molecule has 0 aliphatic carbocycles. The summed E-state index contributed by atoms with van der Waals surface area (Å²) in [4.78, 5) is 16.9. The molecule has 0 spiro atoms. The lowest BCUT2D eigenvalue weighted by atomic mass is 10.1. The summed E-state index contributed by atoms with van der Waals surface area (Å²) in [6.07, 6.45) is 2.64. The van der Waals surface area contributed by atoms with Crippen LogP contribution in [0.1, 0.15) is 5.56 Å². The van der Waals surface area contributed by atoms with Crippen molar-refractivity contribution < 1.29 is 4.79 Å². The van der Waals surface area contributed by atoms with Gasteiger partial charge in [0.05, 0.1) is 17.4 Å². The van der Waals surface area contributed by atoms with Crippen LogP contribution in [0.15, 0.2) is 24.5 Å². The third-order valence-corrected chi connectivity index (χ3v) is 3.43. The van der Waals surface area contributed by atoms with Crippen molar-refractivity contribution in [3.05, 3.63) is 30.1 Å². The number of aryl methyl sites for hydroxylation is 1. The number of carbonyl (C=O) groups is 1. The lowest BCUT2D eigenvalue weighted by Crippen LogP contribution is -2.23. The molecule has 2 rings (SSSR count). The fraction of sp³-hybridized carbons (Fsp3) is 0.333. The summed E-state index contributed by atoms with van der Waals surface area (Å²) < 4.78 is 1.99. The lowest BCUT2D eigenvalue weighted by molar-refractivity contribution is 0.235. The van der Waals surface area contributed by atoms with Gasteiger partial charge in [-0.05, 0) is 24.1 Å². The van der Waals surface area contributed by atoms with Crippen molar-refractivity contribution >= 4 is 31.8 Å². The molecule has 0 aliphatic heterocycles. The zero-order valence-electron chi connectivity index (χ0n) is 9.85. The number of hydrogen-bond donors (Lipinski definition) is 0. The number of halogens is 1. The molecule has 1 amide bonds. The third-order valence-electron chi connectivity index (χ3n) is 2.83. The molecule has 0 aliphatic rings. The number of likely N-dealkylation sites (N-methyl/N-ethyl adjacent to an activating group) is 1. The monoisotopic (exact) mass is 295 g/mol. The topological polar surface area (TPSA) is 38.1 Å². The number of benzene rings is 1. The van der Waals surface area contributed by atoms with Gasteiger partial charge in [0.15, 0.2) is 0 Å². The summed E-state index contributed by atoms with van der Waals surface area (Å²) in [7, 11) is 3.75. The Hall–Kier alpha value is -1.36. The zero-order valence-corrected chi connectivity index (χ0v) is 11.4. The first kappa shape index (κ1) is 12.1. The van der Waals surface area contributed by atoms with Crippen molar-refractivity contribution in [1.82, 2.24) is 14.5 Å². The molecule has 0 bridgehead atoms. The minimum Gasteiger partial charge on any atom is -0.336 e. The Balaban J connectivity index is 2.12. The van der Waals surface area contributed by atoms with Crippen LogP contribution in [0.25, 0.3) is 11.0 Å². The second-order valence-electron chi connectivity index (χ2n) is 4.10. The largest absolute Gasteiger partial charge is 0.336 e. The van der Waals surface area contributed by atoms with Crippen molar-refractivity contribution in [2.75, 3.05) is 13.6 Å². The van der Waals surface area contributed by atoms with Gasteiger partial charge in [0.25, 0.3) is 4.82 Å². The van der Waals surface area contributed by atoms with Gasteiger partial charge in [0.2, 0.25) is 0 Å². The fourth-order valence-corrected chi connectivity index (χ4v) is 1.90. The first-order valence-corrected chi connectivity index (χ1v) is 6.18. The second-order valence-corrected chi connectivity index (χ2v) is 4.78. The Morgan fingerprint density at radius 2 is 2.29 bits per heavy atom. The predicted molar refractivity (Wildman–Crippen MR) is 71.4 cm³/mol. The average Bonchev–Trinajstić information content (AvgIpc) is 2.67. The molecular formula is C12H14BrN3O. The predicted octanol–water partition coefficient (Wildman–Crippen LogP) is 2.56. The Morgan fingerprint density at radius 1 is 1.53 bits per heavy atom. The number of fused-ring (bicyclic) bond motifs is 1. The first-order chi connectivity index (χ1) is 8.08. The summed E-state index contributed by atoms with van der Waals surface area (Å²) in [5.74, 6) is 0. The van der Waals surface area contributed by atoms with E-state index >= 15 is 0 Å². The molecular weight excluding hydrogens is 282 g/mol. The number of hydrogen-bond acceptors (Lipinski definition) is 2. The second kappa shape index (κ2) is 4.87. The third kappa shape index (κ3) is 2.66. The maximum Gasteiger partial charge on any atom is 0.289 e. The molecule has 1 aromatic carbocycles. The van der Waals surface area contributed by atoms with Crippen LogP contribution >= 0.6 is 15.9 Å². The van der Waals surface area contributed by atoms with Gasteiger partial charge in [-0.1, -0.05) is 6.07 Å². The molecule has 90 valence electrons. The van der Waals surface area contributed by atoms with Crippen molar-refractivity contribution in [3.63, 3.8) is 0 Å². The van der Waals surface area contributed by atoms with Crippen LogP contribution in [0.4, 0.5) is 4.79 Å². The molecule has 0 fully saturated rings. The fourth-order valence-electron chi connectivity index (χ4n) is 1.72. The maximum atomic E-state index is 11.0. The van der Waals surface area contributed by atoms with Crippen LogP contribution < -0.4 is 0 Å². The number of imidazole rings is 1. The van der Waals surface area contributed by atoms with Crippen molar-refractivity contribution in [3.8, 4) is 0 Å². The Kier molecular flexibility index (Phi) is 3.47. The quantitative estimate of drug-likeness (QED) is 0.645. The summed E-state index contributed by atoms with van der Waals surface area (Å²) in [6.45, 7) is 0.697. The molecule has 17 heavy (non-hydrogen) atoms. The molecule has 4 nitrogen and oxygen atoms in total. The van der Waals surface area contributed by atoms with E-state index in [9.17, 15) is 4.79 Å². The van der Waals surface area contributed by atoms with Crippen LogP contribution in [0, 0.1) is 0 Å². The molecule has 0 saturated carbocycles. The van der Waals surface area contributed by atoms with E-state index in [1.165, 1.54) is 5.56 Å². The van der Waals surface area contributed by atoms with E-state index in [2.05, 4.69) is 39.1 Å². The van der Waals surface area contributed by atoms with Gasteiger partial charge in [0, 0.05) is 36.6 Å². The van der Waals surface area contributed by atoms with E-state index in [0.717, 1.165) is 17.5 Å². The summed E-state index contributed by atoms with van der Waals surface area (Å²) in [6, 6.07) is 6.21. The molecule has 0 unspecified atom stereocenters. The van der Waals surface area contributed by atoms with Crippen LogP contribution in [0.3, 0.4) is 0 Å². The van der Waals surface area contributed by atoms with E-state index in [0.29, 0.717) is 6.54 Å². The Labute approximate surface area is 108 Å². The van der Waals surface area contributed by atoms with E-state index in [1.807, 2.05) is 17.9 Å². The molecule has 0 N–H and O–H groups in total. The van der Waals surface area contributed by atoms with Gasteiger partial charge in [0.1, 0.15) is 0 Å². The number of carbonyl (C=O) groups excluding carboxylic acids is 1. The van der Waals surface area contributed by atoms with E-state index in [-0.39, 0.29) is 4.82 Å². The molecule has 0 atom stereocenters. The van der Waals surface area contributed by atoms with Gasteiger partial charge < -0.3 is 9.47 Å². The van der Waals surface area contributed by atoms with Crippen molar-refractivity contribution in [2.24, 2.45) is 7.05 Å². The number of amides is 1. The standard InChI is InChI=1S/C12H14BrN3O/c1-15(12(13)17)6-5-9-3-4-11-10(7-9)14-8-16(11)2/h3-4,7-8H,5-6H2,1-2H3. The summed E-state index contributed by atoms with van der Waals surface area (Å²) >= 11 is 2.93. The molecule has 0 radical (unpaired) electrons. The average molecular weight is 296 g/mol. The minimum atomic E-state index is -0.0867. The van der Waals surface area contributed by atoms with E-state index < -0.39 is 0 Å². The minimum absolute atomic E-state index is 0.0867. The highest BCUT2D eigenvalue weighted by atomic mass is 79.9. The molecule has 2 aromatic rings. The highest BCUT2D eigenvalue weighted by Crippen LogP contribution is 2.14. The molecule has 1 aromatic heterocycles. The van der Waals surface area contributed by atoms with E-state index in [4.69, 9.17) is 0 Å². The smallest absolute Gasteiger partial charge is 0.289 e. The van der Waals surface area contributed by atoms with Gasteiger partial charge in [-0.25, -0.2) is 4.98 Å². The van der Waals surface area contributed by atoms with Crippen molar-refractivity contribution in [1.29, 1.82) is 0 Å². The van der Waals surface area contributed by atoms with Crippen LogP contribution in [-0.2, 0) is 13.5 Å². The molecule has 1 heterocycles. The van der Waals surface area contributed by atoms with Crippen LogP contribution in [-0.4, -0.2) is 32.9 Å². The SMILES string of the molecule is CN(CCc1ccc2c(c1)ncn2C)C(=O)Br. The maximum absolute atomic E-state index is 11.0. The van der Waals surface area contributed by atoms with Gasteiger partial charge in [-0.2, -0.15) is 0 Å². The molecule has 0 saturated heterocycles. The lowest BCUT2D eigenvalue weighted by Gasteiger charge is -2.13. The van der Waals surface area contributed by atoms with Gasteiger partial charge in [-0.3, -0.25) is 4.79 Å². The summed E-state index contributed by atoms with van der Waals surface area (Å²) in [5, 5.41) is 0. The van der Waals surface area contributed by atoms with Crippen LogP contribution in [0.5, 0.6) is 0 Å². The highest BCUT2D eigenvalue weighted by Gasteiger charge is 2.05. The number of rotatable bonds is 3. The van der Waals surface area contributed by atoms with Crippen molar-refractivity contribution in [2.45, 2.75) is 6.42 Å². The van der Waals surface area contributed by atoms with E-state index in [1.54, 1.807) is 11.9 Å². The Bertz CT molecular complexity index is 550. The Morgan fingerprint density at radius 3 is 3.00 bits per heavy atom. The highest BCUT2D eigenvalue weighted by molar-refractivity contribution is 9.18. The normalized spacial score (nSPS) is 10.8. The molecule has 5 heteroatoms. The first-order valence-electron chi connectivity index (χ1n) is 5.38.